The molecule has 5 nitrogen and oxygen atoms in total. The lowest BCUT2D eigenvalue weighted by Gasteiger charge is -2.29. The summed E-state index contributed by atoms with van der Waals surface area (Å²) in [6, 6.07) is 8.44. The number of carbonyl (C=O) groups excluding carboxylic acids is 1. The van der Waals surface area contributed by atoms with Crippen LogP contribution in [0.15, 0.2) is 29.3 Å². The van der Waals surface area contributed by atoms with Gasteiger partial charge in [0.2, 0.25) is 5.91 Å². The van der Waals surface area contributed by atoms with Crippen LogP contribution in [0.2, 0.25) is 0 Å². The summed E-state index contributed by atoms with van der Waals surface area (Å²) in [5.74, 6) is 1.24. The summed E-state index contributed by atoms with van der Waals surface area (Å²) in [7, 11) is 1.83. The number of aliphatic imine (C=N–C) groups is 1. The zero-order chi connectivity index (χ0) is 16.8. The van der Waals surface area contributed by atoms with E-state index in [-0.39, 0.29) is 29.9 Å². The van der Waals surface area contributed by atoms with E-state index < -0.39 is 0 Å². The molecule has 1 saturated heterocycles. The smallest absolute Gasteiger partial charge is 0.222 e. The van der Waals surface area contributed by atoms with E-state index in [1.165, 1.54) is 24.0 Å². The molecule has 0 spiro atoms. The number of nitrogens with one attached hydrogen (secondary N) is 1. The van der Waals surface area contributed by atoms with Gasteiger partial charge in [0.25, 0.3) is 0 Å². The molecule has 0 unspecified atom stereocenters. The van der Waals surface area contributed by atoms with E-state index in [0.29, 0.717) is 6.42 Å². The highest BCUT2D eigenvalue weighted by molar-refractivity contribution is 14.0. The molecule has 1 amide bonds. The van der Waals surface area contributed by atoms with E-state index in [9.17, 15) is 4.79 Å². The van der Waals surface area contributed by atoms with Crippen LogP contribution in [-0.2, 0) is 17.8 Å². The average molecular weight is 456 g/mol. The second-order valence-electron chi connectivity index (χ2n) is 6.61. The second kappa shape index (κ2) is 9.99. The van der Waals surface area contributed by atoms with Crippen molar-refractivity contribution >= 4 is 35.8 Å². The van der Waals surface area contributed by atoms with E-state index in [2.05, 4.69) is 39.5 Å². The maximum Gasteiger partial charge on any atom is 0.222 e. The predicted octanol–water partition coefficient (Wildman–Crippen LogP) is 2.64. The molecule has 0 bridgehead atoms. The van der Waals surface area contributed by atoms with Crippen molar-refractivity contribution in [1.82, 2.24) is 15.1 Å². The minimum Gasteiger partial charge on any atom is -0.356 e. The molecule has 25 heavy (non-hydrogen) atoms. The third-order valence-electron chi connectivity index (χ3n) is 4.95. The summed E-state index contributed by atoms with van der Waals surface area (Å²) >= 11 is 0. The maximum atomic E-state index is 12.4. The number of hydrogen-bond donors (Lipinski definition) is 1. The Kier molecular flexibility index (Phi) is 7.99. The topological polar surface area (TPSA) is 47.9 Å². The number of hydrogen-bond acceptors (Lipinski definition) is 2. The van der Waals surface area contributed by atoms with Crippen LogP contribution in [0.25, 0.3) is 0 Å². The van der Waals surface area contributed by atoms with Gasteiger partial charge in [-0.15, -0.1) is 24.0 Å². The Labute approximate surface area is 167 Å². The molecule has 0 radical (unpaired) electrons. The van der Waals surface area contributed by atoms with Crippen LogP contribution in [0.1, 0.15) is 36.8 Å². The highest BCUT2D eigenvalue weighted by Gasteiger charge is 2.20. The van der Waals surface area contributed by atoms with Gasteiger partial charge in [0, 0.05) is 46.2 Å². The average Bonchev–Trinajstić information content (AvgIpc) is 3.15. The number of carbonyl (C=O) groups is 1. The van der Waals surface area contributed by atoms with E-state index in [4.69, 9.17) is 0 Å². The first-order valence-corrected chi connectivity index (χ1v) is 9.08. The maximum absolute atomic E-state index is 12.4. The predicted molar refractivity (Wildman–Crippen MR) is 112 cm³/mol. The Balaban J connectivity index is 0.00000225. The molecule has 6 heteroatoms. The standard InChI is InChI=1S/C19H28N4O.HI/c1-20-19(22-12-4-5-13-22)21-11-6-9-18(24)23-14-10-16-7-2-3-8-17(16)15-23;/h2-3,7-8H,4-6,9-15H2,1H3,(H,20,21);1H. The van der Waals surface area contributed by atoms with Gasteiger partial charge in [-0.2, -0.15) is 0 Å². The lowest BCUT2D eigenvalue weighted by molar-refractivity contribution is -0.132. The molecule has 0 aromatic heterocycles. The molecule has 0 atom stereocenters. The first-order chi connectivity index (χ1) is 11.8. The van der Waals surface area contributed by atoms with Gasteiger partial charge in [-0.1, -0.05) is 24.3 Å². The van der Waals surface area contributed by atoms with Crippen LogP contribution in [0.4, 0.5) is 0 Å². The fraction of sp³-hybridized carbons (Fsp3) is 0.579. The molecular formula is C19H29IN4O. The zero-order valence-electron chi connectivity index (χ0n) is 15.0. The normalized spacial score (nSPS) is 17.1. The van der Waals surface area contributed by atoms with E-state index in [0.717, 1.165) is 51.5 Å². The Bertz CT molecular complexity index is 599. The van der Waals surface area contributed by atoms with Gasteiger partial charge in [-0.3, -0.25) is 9.79 Å². The van der Waals surface area contributed by atoms with Crippen LogP contribution in [-0.4, -0.2) is 54.9 Å². The second-order valence-corrected chi connectivity index (χ2v) is 6.61. The largest absolute Gasteiger partial charge is 0.356 e. The first-order valence-electron chi connectivity index (χ1n) is 9.08. The van der Waals surface area contributed by atoms with Crippen molar-refractivity contribution in [2.24, 2.45) is 4.99 Å². The van der Waals surface area contributed by atoms with Gasteiger partial charge >= 0.3 is 0 Å². The van der Waals surface area contributed by atoms with Crippen LogP contribution in [0, 0.1) is 0 Å². The van der Waals surface area contributed by atoms with Crippen molar-refractivity contribution in [3.05, 3.63) is 35.4 Å². The van der Waals surface area contributed by atoms with Crippen LogP contribution in [0.5, 0.6) is 0 Å². The molecule has 1 N–H and O–H groups in total. The molecule has 1 aromatic carbocycles. The van der Waals surface area contributed by atoms with Gasteiger partial charge in [0.1, 0.15) is 0 Å². The minimum absolute atomic E-state index is 0. The molecule has 2 heterocycles. The molecular weight excluding hydrogens is 427 g/mol. The third kappa shape index (κ3) is 5.33. The molecule has 1 fully saturated rings. The van der Waals surface area contributed by atoms with E-state index in [1.807, 2.05) is 11.9 Å². The van der Waals surface area contributed by atoms with Crippen LogP contribution >= 0.6 is 24.0 Å². The first kappa shape index (κ1) is 20.0. The van der Waals surface area contributed by atoms with Gasteiger partial charge in [0.15, 0.2) is 5.96 Å². The summed E-state index contributed by atoms with van der Waals surface area (Å²) < 4.78 is 0. The van der Waals surface area contributed by atoms with Crippen LogP contribution in [0.3, 0.4) is 0 Å². The number of fused-ring (bicyclic) bond motifs is 1. The minimum atomic E-state index is 0. The van der Waals surface area contributed by atoms with Gasteiger partial charge in [-0.05, 0) is 36.8 Å². The Morgan fingerprint density at radius 3 is 2.56 bits per heavy atom. The highest BCUT2D eigenvalue weighted by Crippen LogP contribution is 2.19. The summed E-state index contributed by atoms with van der Waals surface area (Å²) in [5, 5.41) is 3.39. The third-order valence-corrected chi connectivity index (χ3v) is 4.95. The molecule has 2 aliphatic rings. The quantitative estimate of drug-likeness (QED) is 0.328. The van der Waals surface area contributed by atoms with Crippen molar-refractivity contribution < 1.29 is 4.79 Å². The fourth-order valence-electron chi connectivity index (χ4n) is 3.57. The van der Waals surface area contributed by atoms with Gasteiger partial charge < -0.3 is 15.1 Å². The molecule has 2 aliphatic heterocycles. The fourth-order valence-corrected chi connectivity index (χ4v) is 3.57. The van der Waals surface area contributed by atoms with Crippen LogP contribution < -0.4 is 5.32 Å². The summed E-state index contributed by atoms with van der Waals surface area (Å²) in [6.45, 7) is 4.59. The summed E-state index contributed by atoms with van der Waals surface area (Å²) in [4.78, 5) is 21.1. The number of benzene rings is 1. The number of halogens is 1. The monoisotopic (exact) mass is 456 g/mol. The lowest BCUT2D eigenvalue weighted by atomic mass is 9.99. The zero-order valence-corrected chi connectivity index (χ0v) is 17.4. The van der Waals surface area contributed by atoms with Gasteiger partial charge in [-0.25, -0.2) is 0 Å². The Hall–Kier alpha value is -1.31. The van der Waals surface area contributed by atoms with Crippen molar-refractivity contribution in [3.63, 3.8) is 0 Å². The number of rotatable bonds is 4. The molecule has 0 aliphatic carbocycles. The van der Waals surface area contributed by atoms with E-state index in [1.54, 1.807) is 0 Å². The van der Waals surface area contributed by atoms with E-state index >= 15 is 0 Å². The van der Waals surface area contributed by atoms with Crippen molar-refractivity contribution in [2.45, 2.75) is 38.6 Å². The Morgan fingerprint density at radius 2 is 1.84 bits per heavy atom. The molecule has 138 valence electrons. The molecule has 1 aromatic rings. The summed E-state index contributed by atoms with van der Waals surface area (Å²) in [6.07, 6.45) is 4.92. The van der Waals surface area contributed by atoms with Crippen molar-refractivity contribution in [3.8, 4) is 0 Å². The number of likely N-dealkylation sites (tertiary alicyclic amines) is 1. The summed E-state index contributed by atoms with van der Waals surface area (Å²) in [5.41, 5.74) is 2.68. The highest BCUT2D eigenvalue weighted by atomic mass is 127. The van der Waals surface area contributed by atoms with Crippen molar-refractivity contribution in [1.29, 1.82) is 0 Å². The SMILES string of the molecule is CN=C(NCCCC(=O)N1CCc2ccccc2C1)N1CCCC1.I. The molecule has 3 rings (SSSR count). The molecule has 0 saturated carbocycles. The number of amides is 1. The Morgan fingerprint density at radius 1 is 1.12 bits per heavy atom. The van der Waals surface area contributed by atoms with Crippen molar-refractivity contribution in [2.75, 3.05) is 33.2 Å². The number of nitrogens with zero attached hydrogens (tertiary/aromatic N) is 3. The van der Waals surface area contributed by atoms with Gasteiger partial charge in [0.05, 0.1) is 0 Å². The number of guanidine groups is 1. The lowest BCUT2D eigenvalue weighted by Crippen LogP contribution is -2.40.